The molecule has 2 aliphatic carbocycles. The van der Waals surface area contributed by atoms with E-state index in [-0.39, 0.29) is 11.5 Å². The lowest BCUT2D eigenvalue weighted by molar-refractivity contribution is -0.119. The van der Waals surface area contributed by atoms with E-state index in [4.69, 9.17) is 17.2 Å². The molecule has 1 unspecified atom stereocenters. The summed E-state index contributed by atoms with van der Waals surface area (Å²) in [5.41, 5.74) is 17.5. The molecule has 80 valence electrons. The summed E-state index contributed by atoms with van der Waals surface area (Å²) in [4.78, 5) is 10.8. The third-order valence-corrected chi connectivity index (χ3v) is 2.99. The van der Waals surface area contributed by atoms with Gasteiger partial charge in [0.05, 0.1) is 11.6 Å². The van der Waals surface area contributed by atoms with Crippen molar-refractivity contribution < 1.29 is 4.79 Å². The maximum atomic E-state index is 10.8. The molecular formula is C11H15N3O. The van der Waals surface area contributed by atoms with Crippen LogP contribution < -0.4 is 17.2 Å². The third kappa shape index (κ3) is 1.62. The highest BCUT2D eigenvalue weighted by atomic mass is 16.1. The Morgan fingerprint density at radius 1 is 1.53 bits per heavy atom. The molecule has 0 aliphatic heterocycles. The van der Waals surface area contributed by atoms with Crippen LogP contribution in [0.1, 0.15) is 6.42 Å². The first-order chi connectivity index (χ1) is 7.03. The molecule has 0 bridgehead atoms. The fourth-order valence-electron chi connectivity index (χ4n) is 2.11. The van der Waals surface area contributed by atoms with E-state index in [1.165, 1.54) is 0 Å². The molecule has 3 atom stereocenters. The van der Waals surface area contributed by atoms with Crippen LogP contribution in [0.2, 0.25) is 0 Å². The fraction of sp³-hybridized carbons (Fsp3) is 0.364. The molecule has 2 aliphatic rings. The zero-order chi connectivity index (χ0) is 11.1. The molecule has 0 heterocycles. The van der Waals surface area contributed by atoms with Crippen LogP contribution in [-0.2, 0) is 4.79 Å². The van der Waals surface area contributed by atoms with Crippen LogP contribution in [0.25, 0.3) is 0 Å². The van der Waals surface area contributed by atoms with E-state index in [0.29, 0.717) is 6.42 Å². The highest BCUT2D eigenvalue weighted by Gasteiger charge is 2.41. The van der Waals surface area contributed by atoms with Crippen LogP contribution in [0.5, 0.6) is 0 Å². The number of rotatable bonds is 3. The number of hydrogen-bond donors (Lipinski definition) is 3. The molecular weight excluding hydrogens is 190 g/mol. The van der Waals surface area contributed by atoms with Gasteiger partial charge in [-0.25, -0.2) is 0 Å². The Bertz CT molecular complexity index is 383. The van der Waals surface area contributed by atoms with Gasteiger partial charge in [0, 0.05) is 5.92 Å². The summed E-state index contributed by atoms with van der Waals surface area (Å²) < 4.78 is 0. The average Bonchev–Trinajstić information content (AvgIpc) is 2.15. The predicted octanol–water partition coefficient (Wildman–Crippen LogP) is -0.431. The number of carbonyl (C=O) groups is 1. The molecule has 0 radical (unpaired) electrons. The van der Waals surface area contributed by atoms with Gasteiger partial charge in [0.1, 0.15) is 0 Å². The van der Waals surface area contributed by atoms with Gasteiger partial charge < -0.3 is 17.2 Å². The number of allylic oxidation sites excluding steroid dienone is 2. The van der Waals surface area contributed by atoms with Crippen molar-refractivity contribution in [2.24, 2.45) is 23.1 Å². The SMILES string of the molecule is NC(=O)[C@@H](N)CC1=C[C@@]2(N)C=CC=CC12. The monoisotopic (exact) mass is 205 g/mol. The largest absolute Gasteiger partial charge is 0.368 e. The van der Waals surface area contributed by atoms with Crippen molar-refractivity contribution >= 4 is 5.91 Å². The van der Waals surface area contributed by atoms with E-state index < -0.39 is 11.9 Å². The van der Waals surface area contributed by atoms with Crippen molar-refractivity contribution in [3.63, 3.8) is 0 Å². The van der Waals surface area contributed by atoms with Crippen LogP contribution in [-0.4, -0.2) is 17.5 Å². The van der Waals surface area contributed by atoms with Gasteiger partial charge in [0.2, 0.25) is 5.91 Å². The molecule has 0 spiro atoms. The molecule has 6 N–H and O–H groups in total. The van der Waals surface area contributed by atoms with Gasteiger partial charge in [-0.05, 0) is 6.42 Å². The quantitative estimate of drug-likeness (QED) is 0.545. The van der Waals surface area contributed by atoms with Crippen LogP contribution in [0.4, 0.5) is 0 Å². The summed E-state index contributed by atoms with van der Waals surface area (Å²) in [6.07, 6.45) is 10.3. The van der Waals surface area contributed by atoms with Gasteiger partial charge in [-0.3, -0.25) is 4.79 Å². The number of hydrogen-bond acceptors (Lipinski definition) is 3. The van der Waals surface area contributed by atoms with Gasteiger partial charge >= 0.3 is 0 Å². The van der Waals surface area contributed by atoms with Crippen molar-refractivity contribution in [3.8, 4) is 0 Å². The standard InChI is InChI=1S/C11H15N3O/c12-9(10(13)15)5-7-6-11(14)4-2-1-3-8(7)11/h1-4,6,8-9H,5,12,14H2,(H2,13,15)/t8?,9-,11-/m0/s1. The summed E-state index contributed by atoms with van der Waals surface area (Å²) in [6, 6.07) is -0.611. The minimum atomic E-state index is -0.611. The molecule has 0 aromatic carbocycles. The number of fused-ring (bicyclic) bond motifs is 1. The lowest BCUT2D eigenvalue weighted by atomic mass is 9.65. The second-order valence-electron chi connectivity index (χ2n) is 4.15. The zero-order valence-electron chi connectivity index (χ0n) is 8.39. The minimum absolute atomic E-state index is 0.174. The van der Waals surface area contributed by atoms with Crippen molar-refractivity contribution in [1.29, 1.82) is 0 Å². The minimum Gasteiger partial charge on any atom is -0.368 e. The van der Waals surface area contributed by atoms with Crippen molar-refractivity contribution in [2.45, 2.75) is 18.0 Å². The van der Waals surface area contributed by atoms with E-state index in [0.717, 1.165) is 5.57 Å². The van der Waals surface area contributed by atoms with Crippen LogP contribution in [0.15, 0.2) is 36.0 Å². The Morgan fingerprint density at radius 2 is 2.27 bits per heavy atom. The summed E-state index contributed by atoms with van der Waals surface area (Å²) in [5.74, 6) is -0.298. The Morgan fingerprint density at radius 3 is 2.87 bits per heavy atom. The van der Waals surface area contributed by atoms with Gasteiger partial charge in [0.15, 0.2) is 0 Å². The van der Waals surface area contributed by atoms with Crippen LogP contribution in [0.3, 0.4) is 0 Å². The second-order valence-corrected chi connectivity index (χ2v) is 4.15. The molecule has 2 rings (SSSR count). The van der Waals surface area contributed by atoms with Gasteiger partial charge in [0.25, 0.3) is 0 Å². The third-order valence-electron chi connectivity index (χ3n) is 2.99. The lowest BCUT2D eigenvalue weighted by Gasteiger charge is -2.43. The average molecular weight is 205 g/mol. The first-order valence-corrected chi connectivity index (χ1v) is 4.94. The first-order valence-electron chi connectivity index (χ1n) is 4.94. The smallest absolute Gasteiger partial charge is 0.234 e. The molecule has 15 heavy (non-hydrogen) atoms. The molecule has 0 saturated carbocycles. The second kappa shape index (κ2) is 3.32. The molecule has 4 heteroatoms. The number of nitrogens with two attached hydrogens (primary N) is 3. The van der Waals surface area contributed by atoms with Crippen LogP contribution >= 0.6 is 0 Å². The first kappa shape index (κ1) is 10.1. The summed E-state index contributed by atoms with van der Waals surface area (Å²) >= 11 is 0. The molecule has 0 fully saturated rings. The lowest BCUT2D eigenvalue weighted by Crippen LogP contribution is -2.52. The van der Waals surface area contributed by atoms with Crippen molar-refractivity contribution in [2.75, 3.05) is 0 Å². The Labute approximate surface area is 88.5 Å². The van der Waals surface area contributed by atoms with E-state index in [1.54, 1.807) is 0 Å². The van der Waals surface area contributed by atoms with Gasteiger partial charge in [-0.2, -0.15) is 0 Å². The van der Waals surface area contributed by atoms with E-state index >= 15 is 0 Å². The summed E-state index contributed by atoms with van der Waals surface area (Å²) in [6.45, 7) is 0. The van der Waals surface area contributed by atoms with E-state index in [9.17, 15) is 4.79 Å². The molecule has 0 aromatic heterocycles. The number of carbonyl (C=O) groups excluding carboxylic acids is 1. The highest BCUT2D eigenvalue weighted by molar-refractivity contribution is 5.80. The predicted molar refractivity (Wildman–Crippen MR) is 58.6 cm³/mol. The maximum absolute atomic E-state index is 10.8. The van der Waals surface area contributed by atoms with E-state index in [1.807, 2.05) is 30.4 Å². The summed E-state index contributed by atoms with van der Waals surface area (Å²) in [5, 5.41) is 0. The maximum Gasteiger partial charge on any atom is 0.234 e. The fourth-order valence-corrected chi connectivity index (χ4v) is 2.11. The van der Waals surface area contributed by atoms with Crippen LogP contribution in [0, 0.1) is 5.92 Å². The molecule has 0 saturated heterocycles. The Balaban J connectivity index is 2.09. The van der Waals surface area contributed by atoms with E-state index in [2.05, 4.69) is 0 Å². The highest BCUT2D eigenvalue weighted by Crippen LogP contribution is 2.41. The zero-order valence-corrected chi connectivity index (χ0v) is 8.39. The molecule has 1 amide bonds. The van der Waals surface area contributed by atoms with Crippen molar-refractivity contribution in [3.05, 3.63) is 36.0 Å². The Hall–Kier alpha value is -1.39. The van der Waals surface area contributed by atoms with Gasteiger partial charge in [-0.15, -0.1) is 0 Å². The van der Waals surface area contributed by atoms with Crippen molar-refractivity contribution in [1.82, 2.24) is 0 Å². The number of primary amides is 1. The Kier molecular flexibility index (Phi) is 2.25. The van der Waals surface area contributed by atoms with Gasteiger partial charge in [-0.1, -0.05) is 36.0 Å². The number of amides is 1. The molecule has 0 aromatic rings. The summed E-state index contributed by atoms with van der Waals surface area (Å²) in [7, 11) is 0. The molecule has 4 nitrogen and oxygen atoms in total. The topological polar surface area (TPSA) is 95.1 Å². The normalized spacial score (nSPS) is 34.0.